The number of nitrogens with one attached hydrogen (secondary N) is 2. The number of nitrogens with zero attached hydrogens (tertiary/aromatic N) is 2. The first-order chi connectivity index (χ1) is 12.6. The summed E-state index contributed by atoms with van der Waals surface area (Å²) in [6.45, 7) is 2.63. The van der Waals surface area contributed by atoms with E-state index in [2.05, 4.69) is 32.7 Å². The van der Waals surface area contributed by atoms with E-state index in [1.165, 1.54) is 5.56 Å². The molecule has 2 heterocycles. The first-order valence-electron chi connectivity index (χ1n) is 9.08. The molecule has 7 heteroatoms. The van der Waals surface area contributed by atoms with Crippen molar-refractivity contribution in [2.24, 2.45) is 0 Å². The number of likely N-dealkylation sites (tertiary alicyclic amines) is 1. The second-order valence-electron chi connectivity index (χ2n) is 7.19. The monoisotopic (exact) mass is 390 g/mol. The van der Waals surface area contributed by atoms with Crippen molar-refractivity contribution in [2.75, 3.05) is 18.4 Å². The van der Waals surface area contributed by atoms with Crippen LogP contribution in [0.2, 0.25) is 5.02 Å². The first kappa shape index (κ1) is 17.8. The molecule has 26 heavy (non-hydrogen) atoms. The van der Waals surface area contributed by atoms with Crippen LogP contribution in [0.1, 0.15) is 31.2 Å². The van der Waals surface area contributed by atoms with Crippen molar-refractivity contribution >= 4 is 34.0 Å². The van der Waals surface area contributed by atoms with Gasteiger partial charge in [-0.3, -0.25) is 9.69 Å². The topological polar surface area (TPSA) is 57.3 Å². The number of halogens is 1. The van der Waals surface area contributed by atoms with Crippen molar-refractivity contribution in [3.8, 4) is 0 Å². The average Bonchev–Trinajstić information content (AvgIpc) is 3.31. The second-order valence-corrected chi connectivity index (χ2v) is 8.53. The Morgan fingerprint density at radius 3 is 2.62 bits per heavy atom. The summed E-state index contributed by atoms with van der Waals surface area (Å²) < 4.78 is 0. The fourth-order valence-electron chi connectivity index (χ4n) is 3.39. The van der Waals surface area contributed by atoms with Crippen molar-refractivity contribution < 1.29 is 4.79 Å². The third-order valence-electron chi connectivity index (χ3n) is 5.15. The molecule has 0 bridgehead atoms. The lowest BCUT2D eigenvalue weighted by molar-refractivity contribution is -0.127. The lowest BCUT2D eigenvalue weighted by Gasteiger charge is -2.41. The number of aromatic nitrogens is 1. The number of rotatable bonds is 6. The number of hydrogen-bond acceptors (Lipinski definition) is 5. The molecule has 2 aliphatic rings. The molecule has 138 valence electrons. The summed E-state index contributed by atoms with van der Waals surface area (Å²) in [5.74, 6) is 0.126. The summed E-state index contributed by atoms with van der Waals surface area (Å²) in [6, 6.07) is 8.36. The first-order valence-corrected chi connectivity index (χ1v) is 10.3. The number of amides is 1. The summed E-state index contributed by atoms with van der Waals surface area (Å²) in [5, 5.41) is 10.2. The van der Waals surface area contributed by atoms with Gasteiger partial charge >= 0.3 is 0 Å². The predicted octanol–water partition coefficient (Wildman–Crippen LogP) is 3.52. The van der Waals surface area contributed by atoms with Gasteiger partial charge in [0, 0.05) is 42.3 Å². The van der Waals surface area contributed by atoms with E-state index in [4.69, 9.17) is 11.6 Å². The Balaban J connectivity index is 1.42. The number of benzene rings is 1. The van der Waals surface area contributed by atoms with Gasteiger partial charge in [0.15, 0.2) is 5.13 Å². The predicted molar refractivity (Wildman–Crippen MR) is 106 cm³/mol. The number of piperidine rings is 1. The van der Waals surface area contributed by atoms with Crippen LogP contribution in [0.15, 0.2) is 35.8 Å². The van der Waals surface area contributed by atoms with Crippen LogP contribution in [-0.4, -0.2) is 40.5 Å². The van der Waals surface area contributed by atoms with Crippen molar-refractivity contribution in [1.82, 2.24) is 15.2 Å². The molecular weight excluding hydrogens is 368 g/mol. The number of carbonyl (C=O) groups excluding carboxylic acids is 1. The molecule has 1 saturated heterocycles. The van der Waals surface area contributed by atoms with Gasteiger partial charge in [0.2, 0.25) is 5.91 Å². The van der Waals surface area contributed by atoms with Gasteiger partial charge in [-0.25, -0.2) is 4.98 Å². The van der Waals surface area contributed by atoms with Crippen LogP contribution in [-0.2, 0) is 11.3 Å². The van der Waals surface area contributed by atoms with Crippen molar-refractivity contribution in [2.45, 2.75) is 43.8 Å². The molecule has 1 amide bonds. The summed E-state index contributed by atoms with van der Waals surface area (Å²) in [6.07, 6.45) is 5.52. The Morgan fingerprint density at radius 1 is 1.27 bits per heavy atom. The Hall–Kier alpha value is -1.63. The quantitative estimate of drug-likeness (QED) is 0.792. The standard InChI is InChI=1S/C19H23ClN4OS/c20-15-3-1-14(2-4-15)13-24-10-7-19(8-11-24,17(25)22-16-5-6-16)23-18-21-9-12-26-18/h1-4,9,12,16H,5-8,10-11,13H2,(H,21,23)(H,22,25). The molecule has 0 radical (unpaired) electrons. The Kier molecular flexibility index (Phi) is 5.16. The van der Waals surface area contributed by atoms with Crippen LogP contribution in [0.3, 0.4) is 0 Å². The molecule has 0 unspecified atom stereocenters. The maximum Gasteiger partial charge on any atom is 0.246 e. The Bertz CT molecular complexity index is 737. The summed E-state index contributed by atoms with van der Waals surface area (Å²) in [4.78, 5) is 19.7. The van der Waals surface area contributed by atoms with E-state index in [-0.39, 0.29) is 5.91 Å². The molecule has 1 aliphatic heterocycles. The zero-order chi connectivity index (χ0) is 18.0. The zero-order valence-corrected chi connectivity index (χ0v) is 16.2. The van der Waals surface area contributed by atoms with Gasteiger partial charge in [0.1, 0.15) is 5.54 Å². The van der Waals surface area contributed by atoms with Gasteiger partial charge in [-0.2, -0.15) is 0 Å². The van der Waals surface area contributed by atoms with Gasteiger partial charge in [-0.15, -0.1) is 11.3 Å². The molecule has 1 saturated carbocycles. The van der Waals surface area contributed by atoms with Crippen molar-refractivity contribution in [3.63, 3.8) is 0 Å². The van der Waals surface area contributed by atoms with Crippen LogP contribution < -0.4 is 10.6 Å². The van der Waals surface area contributed by atoms with Crippen molar-refractivity contribution in [1.29, 1.82) is 0 Å². The fourth-order valence-corrected chi connectivity index (χ4v) is 4.14. The van der Waals surface area contributed by atoms with E-state index in [1.54, 1.807) is 17.5 Å². The normalized spacial score (nSPS) is 19.9. The van der Waals surface area contributed by atoms with E-state index in [0.717, 1.165) is 55.5 Å². The number of hydrogen-bond donors (Lipinski definition) is 2. The number of carbonyl (C=O) groups is 1. The zero-order valence-electron chi connectivity index (χ0n) is 14.6. The highest BCUT2D eigenvalue weighted by Gasteiger charge is 2.43. The van der Waals surface area contributed by atoms with E-state index >= 15 is 0 Å². The van der Waals surface area contributed by atoms with Crippen LogP contribution >= 0.6 is 22.9 Å². The lowest BCUT2D eigenvalue weighted by Crippen LogP contribution is -2.58. The molecule has 2 aromatic rings. The van der Waals surface area contributed by atoms with Crippen LogP contribution in [0.25, 0.3) is 0 Å². The third kappa shape index (κ3) is 4.19. The minimum Gasteiger partial charge on any atom is -0.351 e. The van der Waals surface area contributed by atoms with E-state index < -0.39 is 5.54 Å². The summed E-state index contributed by atoms with van der Waals surface area (Å²) >= 11 is 7.51. The van der Waals surface area contributed by atoms with Crippen LogP contribution in [0.5, 0.6) is 0 Å². The largest absolute Gasteiger partial charge is 0.351 e. The molecule has 1 aromatic carbocycles. The number of thiazole rings is 1. The van der Waals surface area contributed by atoms with Gasteiger partial charge in [0.05, 0.1) is 0 Å². The lowest BCUT2D eigenvalue weighted by atomic mass is 9.86. The highest BCUT2D eigenvalue weighted by molar-refractivity contribution is 7.13. The van der Waals surface area contributed by atoms with Gasteiger partial charge in [-0.1, -0.05) is 23.7 Å². The smallest absolute Gasteiger partial charge is 0.246 e. The van der Waals surface area contributed by atoms with Gasteiger partial charge in [-0.05, 0) is 43.4 Å². The maximum absolute atomic E-state index is 13.0. The number of anilines is 1. The molecule has 4 rings (SSSR count). The minimum atomic E-state index is -0.559. The molecule has 1 aliphatic carbocycles. The minimum absolute atomic E-state index is 0.126. The average molecular weight is 391 g/mol. The molecule has 2 fully saturated rings. The Labute approximate surface area is 162 Å². The molecule has 1 aromatic heterocycles. The molecule has 2 N–H and O–H groups in total. The molecular formula is C19H23ClN4OS. The van der Waals surface area contributed by atoms with Crippen LogP contribution in [0.4, 0.5) is 5.13 Å². The summed E-state index contributed by atoms with van der Waals surface area (Å²) in [7, 11) is 0. The Morgan fingerprint density at radius 2 is 2.00 bits per heavy atom. The van der Waals surface area contributed by atoms with E-state index in [9.17, 15) is 4.79 Å². The fraction of sp³-hybridized carbons (Fsp3) is 0.474. The summed E-state index contributed by atoms with van der Waals surface area (Å²) in [5.41, 5.74) is 0.689. The van der Waals surface area contributed by atoms with Gasteiger partial charge < -0.3 is 10.6 Å². The SMILES string of the molecule is O=C(NC1CC1)C1(Nc2nccs2)CCN(Cc2ccc(Cl)cc2)CC1. The molecule has 5 nitrogen and oxygen atoms in total. The highest BCUT2D eigenvalue weighted by Crippen LogP contribution is 2.31. The van der Waals surface area contributed by atoms with E-state index in [0.29, 0.717) is 6.04 Å². The second kappa shape index (κ2) is 7.55. The van der Waals surface area contributed by atoms with Crippen molar-refractivity contribution in [3.05, 3.63) is 46.4 Å². The van der Waals surface area contributed by atoms with E-state index in [1.807, 2.05) is 17.5 Å². The molecule has 0 atom stereocenters. The van der Waals surface area contributed by atoms with Gasteiger partial charge in [0.25, 0.3) is 0 Å². The van der Waals surface area contributed by atoms with Crippen LogP contribution in [0, 0.1) is 0 Å². The maximum atomic E-state index is 13.0. The third-order valence-corrected chi connectivity index (χ3v) is 6.10. The molecule has 0 spiro atoms. The highest BCUT2D eigenvalue weighted by atomic mass is 35.5.